The molecule has 1 aliphatic rings. The highest BCUT2D eigenvalue weighted by Crippen LogP contribution is 2.38. The van der Waals surface area contributed by atoms with Gasteiger partial charge in [-0.1, -0.05) is 25.3 Å². The van der Waals surface area contributed by atoms with Crippen molar-refractivity contribution in [3.8, 4) is 11.3 Å². The first-order valence-electron chi connectivity index (χ1n) is 7.74. The Morgan fingerprint density at radius 3 is 2.57 bits per heavy atom. The Morgan fingerprint density at radius 2 is 1.87 bits per heavy atom. The van der Waals surface area contributed by atoms with E-state index in [2.05, 4.69) is 4.98 Å². The van der Waals surface area contributed by atoms with E-state index >= 15 is 0 Å². The van der Waals surface area contributed by atoms with Gasteiger partial charge < -0.3 is 0 Å². The fraction of sp³-hybridized carbons (Fsp3) is 0.353. The van der Waals surface area contributed by atoms with Crippen LogP contribution >= 0.6 is 0 Å². The van der Waals surface area contributed by atoms with Crippen molar-refractivity contribution in [2.24, 2.45) is 5.14 Å². The lowest BCUT2D eigenvalue weighted by Crippen LogP contribution is -2.13. The lowest BCUT2D eigenvalue weighted by atomic mass is 9.82. The van der Waals surface area contributed by atoms with Crippen LogP contribution < -0.4 is 5.14 Å². The van der Waals surface area contributed by atoms with Crippen LogP contribution in [-0.2, 0) is 10.0 Å². The van der Waals surface area contributed by atoms with E-state index in [1.807, 2.05) is 12.1 Å². The Labute approximate surface area is 135 Å². The van der Waals surface area contributed by atoms with Gasteiger partial charge in [0.2, 0.25) is 10.0 Å². The Hall–Kier alpha value is -1.79. The Bertz CT molecular complexity index is 815. The average molecular weight is 334 g/mol. The molecule has 2 N–H and O–H groups in total. The van der Waals surface area contributed by atoms with Gasteiger partial charge in [-0.05, 0) is 48.6 Å². The lowest BCUT2D eigenvalue weighted by molar-refractivity contribution is 0.443. The molecule has 0 spiro atoms. The molecule has 2 aromatic rings. The maximum atomic E-state index is 14.3. The zero-order chi connectivity index (χ0) is 16.4. The van der Waals surface area contributed by atoms with Crippen molar-refractivity contribution >= 4 is 10.0 Å². The third kappa shape index (κ3) is 3.43. The van der Waals surface area contributed by atoms with E-state index in [0.717, 1.165) is 37.3 Å². The monoisotopic (exact) mass is 334 g/mol. The molecule has 0 amide bonds. The third-order valence-corrected chi connectivity index (χ3v) is 5.32. The van der Waals surface area contributed by atoms with Crippen LogP contribution in [-0.4, -0.2) is 13.4 Å². The molecule has 0 aliphatic heterocycles. The molecule has 3 rings (SSSR count). The van der Waals surface area contributed by atoms with Crippen LogP contribution in [0.4, 0.5) is 4.39 Å². The summed E-state index contributed by atoms with van der Waals surface area (Å²) in [6.07, 6.45) is 7.23. The molecular formula is C17H19FN2O2S. The topological polar surface area (TPSA) is 73.1 Å². The van der Waals surface area contributed by atoms with Crippen LogP contribution in [0.15, 0.2) is 41.4 Å². The van der Waals surface area contributed by atoms with E-state index in [4.69, 9.17) is 5.14 Å². The number of hydrogen-bond donors (Lipinski definition) is 1. The van der Waals surface area contributed by atoms with Crippen LogP contribution in [0.1, 0.15) is 43.6 Å². The van der Waals surface area contributed by atoms with Crippen LogP contribution in [0.5, 0.6) is 0 Å². The van der Waals surface area contributed by atoms with Gasteiger partial charge >= 0.3 is 0 Å². The van der Waals surface area contributed by atoms with Crippen LogP contribution in [0.25, 0.3) is 11.3 Å². The van der Waals surface area contributed by atoms with Crippen molar-refractivity contribution in [2.45, 2.75) is 42.9 Å². The Kier molecular flexibility index (Phi) is 4.46. The molecule has 1 aromatic carbocycles. The van der Waals surface area contributed by atoms with E-state index in [0.29, 0.717) is 11.6 Å². The van der Waals surface area contributed by atoms with Crippen molar-refractivity contribution in [3.05, 3.63) is 47.9 Å². The molecule has 1 aromatic heterocycles. The van der Waals surface area contributed by atoms with Gasteiger partial charge in [-0.3, -0.25) is 4.98 Å². The highest BCUT2D eigenvalue weighted by molar-refractivity contribution is 7.89. The van der Waals surface area contributed by atoms with Crippen molar-refractivity contribution < 1.29 is 12.8 Å². The Balaban J connectivity index is 2.12. The zero-order valence-corrected chi connectivity index (χ0v) is 13.5. The molecule has 4 nitrogen and oxygen atoms in total. The summed E-state index contributed by atoms with van der Waals surface area (Å²) in [4.78, 5) is 4.23. The van der Waals surface area contributed by atoms with Gasteiger partial charge in [0.15, 0.2) is 0 Å². The maximum Gasteiger partial charge on any atom is 0.238 e. The number of nitrogens with two attached hydrogens (primary N) is 1. The van der Waals surface area contributed by atoms with Gasteiger partial charge in [0.05, 0.1) is 10.6 Å². The molecule has 1 heterocycles. The fourth-order valence-corrected chi connectivity index (χ4v) is 3.79. The number of aromatic nitrogens is 1. The molecule has 6 heteroatoms. The SMILES string of the molecule is NS(=O)(=O)c1ccc(F)c(-c2ncccc2C2CCCCC2)c1. The molecule has 1 fully saturated rings. The molecule has 122 valence electrons. The largest absolute Gasteiger partial charge is 0.256 e. The van der Waals surface area contributed by atoms with E-state index in [1.54, 1.807) is 6.20 Å². The number of halogens is 1. The second-order valence-electron chi connectivity index (χ2n) is 5.96. The summed E-state index contributed by atoms with van der Waals surface area (Å²) >= 11 is 0. The molecule has 0 saturated heterocycles. The quantitative estimate of drug-likeness (QED) is 0.932. The number of sulfonamides is 1. The molecule has 23 heavy (non-hydrogen) atoms. The van der Waals surface area contributed by atoms with E-state index < -0.39 is 15.8 Å². The van der Waals surface area contributed by atoms with Crippen molar-refractivity contribution in [1.29, 1.82) is 0 Å². The number of rotatable bonds is 3. The number of benzene rings is 1. The van der Waals surface area contributed by atoms with Crippen molar-refractivity contribution in [1.82, 2.24) is 4.98 Å². The minimum Gasteiger partial charge on any atom is -0.256 e. The first kappa shape index (κ1) is 16.1. The highest BCUT2D eigenvalue weighted by atomic mass is 32.2. The summed E-state index contributed by atoms with van der Waals surface area (Å²) in [6, 6.07) is 7.39. The molecule has 0 atom stereocenters. The smallest absolute Gasteiger partial charge is 0.238 e. The summed E-state index contributed by atoms with van der Waals surface area (Å²) in [7, 11) is -3.88. The highest BCUT2D eigenvalue weighted by Gasteiger charge is 2.22. The number of hydrogen-bond acceptors (Lipinski definition) is 3. The van der Waals surface area contributed by atoms with E-state index in [-0.39, 0.29) is 10.5 Å². The maximum absolute atomic E-state index is 14.3. The fourth-order valence-electron chi connectivity index (χ4n) is 3.25. The van der Waals surface area contributed by atoms with Gasteiger partial charge in [0.1, 0.15) is 5.82 Å². The second-order valence-corrected chi connectivity index (χ2v) is 7.52. The summed E-state index contributed by atoms with van der Waals surface area (Å²) in [5.41, 5.74) is 1.69. The average Bonchev–Trinajstić information content (AvgIpc) is 2.55. The first-order chi connectivity index (χ1) is 11.0. The van der Waals surface area contributed by atoms with Crippen molar-refractivity contribution in [3.63, 3.8) is 0 Å². The predicted octanol–water partition coefficient (Wildman–Crippen LogP) is 3.58. The summed E-state index contributed by atoms with van der Waals surface area (Å²) in [5, 5.41) is 5.16. The molecule has 0 unspecified atom stereocenters. The van der Waals surface area contributed by atoms with Crippen LogP contribution in [0.2, 0.25) is 0 Å². The second kappa shape index (κ2) is 6.37. The van der Waals surface area contributed by atoms with E-state index in [9.17, 15) is 12.8 Å². The minimum absolute atomic E-state index is 0.103. The van der Waals surface area contributed by atoms with Gasteiger partial charge in [0, 0.05) is 11.8 Å². The first-order valence-corrected chi connectivity index (χ1v) is 9.29. The molecular weight excluding hydrogens is 315 g/mol. The van der Waals surface area contributed by atoms with Gasteiger partial charge in [-0.25, -0.2) is 17.9 Å². The summed E-state index contributed by atoms with van der Waals surface area (Å²) in [6.45, 7) is 0. The zero-order valence-electron chi connectivity index (χ0n) is 12.7. The predicted molar refractivity (Wildman–Crippen MR) is 86.8 cm³/mol. The van der Waals surface area contributed by atoms with Gasteiger partial charge in [-0.2, -0.15) is 0 Å². The summed E-state index contributed by atoms with van der Waals surface area (Å²) in [5.74, 6) is -0.154. The third-order valence-electron chi connectivity index (χ3n) is 4.41. The lowest BCUT2D eigenvalue weighted by Gasteiger charge is -2.24. The standard InChI is InChI=1S/C17H19FN2O2S/c18-16-9-8-13(23(19,21)22)11-15(16)17-14(7-4-10-20-17)12-5-2-1-3-6-12/h4,7-12H,1-3,5-6H2,(H2,19,21,22). The van der Waals surface area contributed by atoms with Gasteiger partial charge in [0.25, 0.3) is 0 Å². The van der Waals surface area contributed by atoms with Crippen LogP contribution in [0.3, 0.4) is 0 Å². The van der Waals surface area contributed by atoms with E-state index in [1.165, 1.54) is 18.6 Å². The van der Waals surface area contributed by atoms with Crippen molar-refractivity contribution in [2.75, 3.05) is 0 Å². The molecule has 0 radical (unpaired) electrons. The van der Waals surface area contributed by atoms with Gasteiger partial charge in [-0.15, -0.1) is 0 Å². The summed E-state index contributed by atoms with van der Waals surface area (Å²) < 4.78 is 37.4. The molecule has 1 saturated carbocycles. The molecule has 1 aliphatic carbocycles. The number of pyridine rings is 1. The number of nitrogens with zero attached hydrogens (tertiary/aromatic N) is 1. The normalized spacial score (nSPS) is 16.4. The number of primary sulfonamides is 1. The van der Waals surface area contributed by atoms with Crippen LogP contribution in [0, 0.1) is 5.82 Å². The molecule has 0 bridgehead atoms. The Morgan fingerprint density at radius 1 is 1.13 bits per heavy atom. The minimum atomic E-state index is -3.88.